The van der Waals surface area contributed by atoms with Gasteiger partial charge in [0.2, 0.25) is 5.91 Å². The van der Waals surface area contributed by atoms with Crippen LogP contribution >= 0.6 is 0 Å². The third-order valence-electron chi connectivity index (χ3n) is 2.71. The minimum atomic E-state index is -1.05. The number of urea groups is 1. The molecule has 96 valence electrons. The summed E-state index contributed by atoms with van der Waals surface area (Å²) in [5.74, 6) is -1.18. The van der Waals surface area contributed by atoms with Crippen molar-refractivity contribution in [1.29, 1.82) is 0 Å². The van der Waals surface area contributed by atoms with Gasteiger partial charge in [0, 0.05) is 26.7 Å². The van der Waals surface area contributed by atoms with E-state index >= 15 is 0 Å². The normalized spacial score (nSPS) is 16.0. The van der Waals surface area contributed by atoms with Crippen molar-refractivity contribution in [2.45, 2.75) is 6.92 Å². The molecule has 0 bridgehead atoms. The highest BCUT2D eigenvalue weighted by molar-refractivity contribution is 5.86. The first-order valence-corrected chi connectivity index (χ1v) is 5.45. The molecule has 1 fully saturated rings. The Morgan fingerprint density at radius 1 is 1.41 bits per heavy atom. The molecule has 0 aromatic carbocycles. The zero-order chi connectivity index (χ0) is 13.0. The molecule has 0 aliphatic carbocycles. The quantitative estimate of drug-likeness (QED) is 0.709. The maximum Gasteiger partial charge on any atom is 0.323 e. The summed E-state index contributed by atoms with van der Waals surface area (Å²) >= 11 is 0. The summed E-state index contributed by atoms with van der Waals surface area (Å²) in [6.45, 7) is 2.62. The van der Waals surface area contributed by atoms with Gasteiger partial charge in [-0.2, -0.15) is 0 Å². The van der Waals surface area contributed by atoms with Crippen LogP contribution in [0.1, 0.15) is 6.92 Å². The zero-order valence-electron chi connectivity index (χ0n) is 10.0. The van der Waals surface area contributed by atoms with E-state index in [2.05, 4.69) is 0 Å². The van der Waals surface area contributed by atoms with E-state index in [1.807, 2.05) is 0 Å². The molecule has 0 saturated carbocycles. The van der Waals surface area contributed by atoms with Gasteiger partial charge in [-0.15, -0.1) is 0 Å². The number of carbonyl (C=O) groups excluding carboxylic acids is 2. The van der Waals surface area contributed by atoms with Gasteiger partial charge >= 0.3 is 12.0 Å². The van der Waals surface area contributed by atoms with E-state index in [9.17, 15) is 14.4 Å². The van der Waals surface area contributed by atoms with Gasteiger partial charge in [-0.05, 0) is 6.92 Å². The molecule has 7 heteroatoms. The number of hydrogen-bond acceptors (Lipinski definition) is 3. The first-order chi connectivity index (χ1) is 7.95. The summed E-state index contributed by atoms with van der Waals surface area (Å²) in [5, 5.41) is 8.67. The number of carbonyl (C=O) groups is 3. The second-order valence-corrected chi connectivity index (χ2v) is 3.93. The Balaban J connectivity index is 2.62. The third kappa shape index (κ3) is 3.33. The van der Waals surface area contributed by atoms with Gasteiger partial charge in [0.1, 0.15) is 13.1 Å². The standard InChI is InChI=1S/C10H17N3O4/c1-3-12(7-9(15)16)10(17)13-5-4-11(2)8(14)6-13/h3-7H2,1-2H3,(H,15,16). The molecule has 0 unspecified atom stereocenters. The summed E-state index contributed by atoms with van der Waals surface area (Å²) < 4.78 is 0. The Kier molecular flexibility index (Phi) is 4.30. The van der Waals surface area contributed by atoms with Crippen molar-refractivity contribution < 1.29 is 19.5 Å². The second kappa shape index (κ2) is 5.51. The van der Waals surface area contributed by atoms with Gasteiger partial charge in [-0.25, -0.2) is 4.79 Å². The molecule has 1 aliphatic heterocycles. The van der Waals surface area contributed by atoms with Crippen LogP contribution in [0.4, 0.5) is 4.79 Å². The van der Waals surface area contributed by atoms with Gasteiger partial charge in [-0.3, -0.25) is 9.59 Å². The SMILES string of the molecule is CCN(CC(=O)O)C(=O)N1CCN(C)C(=O)C1. The molecule has 7 nitrogen and oxygen atoms in total. The van der Waals surface area contributed by atoms with Crippen molar-refractivity contribution in [3.05, 3.63) is 0 Å². The number of carboxylic acids is 1. The minimum absolute atomic E-state index is 0.0193. The first kappa shape index (κ1) is 13.3. The molecule has 1 saturated heterocycles. The average Bonchev–Trinajstić information content (AvgIpc) is 2.28. The van der Waals surface area contributed by atoms with Gasteiger partial charge in [0.15, 0.2) is 0 Å². The average molecular weight is 243 g/mol. The predicted octanol–water partition coefficient (Wildman–Crippen LogP) is -0.713. The maximum atomic E-state index is 11.9. The van der Waals surface area contributed by atoms with Gasteiger partial charge in [0.25, 0.3) is 0 Å². The van der Waals surface area contributed by atoms with Crippen LogP contribution in [0.5, 0.6) is 0 Å². The second-order valence-electron chi connectivity index (χ2n) is 3.93. The fourth-order valence-electron chi connectivity index (χ4n) is 1.60. The lowest BCUT2D eigenvalue weighted by molar-refractivity contribution is -0.137. The van der Waals surface area contributed by atoms with Crippen LogP contribution in [0.25, 0.3) is 0 Å². The van der Waals surface area contributed by atoms with Crippen LogP contribution in [0.3, 0.4) is 0 Å². The molecule has 0 radical (unpaired) electrons. The highest BCUT2D eigenvalue weighted by atomic mass is 16.4. The van der Waals surface area contributed by atoms with Crippen LogP contribution in [-0.4, -0.2) is 77.5 Å². The summed E-state index contributed by atoms with van der Waals surface area (Å²) in [6.07, 6.45) is 0. The van der Waals surface area contributed by atoms with Crippen LogP contribution in [0.2, 0.25) is 0 Å². The smallest absolute Gasteiger partial charge is 0.323 e. The fraction of sp³-hybridized carbons (Fsp3) is 0.700. The van der Waals surface area contributed by atoms with Crippen LogP contribution in [0.15, 0.2) is 0 Å². The molecule has 3 amide bonds. The Bertz CT molecular complexity index is 332. The van der Waals surface area contributed by atoms with Crippen molar-refractivity contribution in [2.24, 2.45) is 0 Å². The highest BCUT2D eigenvalue weighted by Gasteiger charge is 2.28. The lowest BCUT2D eigenvalue weighted by Crippen LogP contribution is -2.55. The molecule has 1 rings (SSSR count). The molecule has 0 spiro atoms. The van der Waals surface area contributed by atoms with Crippen LogP contribution in [0, 0.1) is 0 Å². The van der Waals surface area contributed by atoms with Crippen LogP contribution < -0.4 is 0 Å². The monoisotopic (exact) mass is 243 g/mol. The van der Waals surface area contributed by atoms with Gasteiger partial charge in [0.05, 0.1) is 0 Å². The third-order valence-corrected chi connectivity index (χ3v) is 2.71. The summed E-state index contributed by atoms with van der Waals surface area (Å²) in [7, 11) is 1.68. The molecule has 1 N–H and O–H groups in total. The van der Waals surface area contributed by atoms with E-state index in [0.29, 0.717) is 19.6 Å². The summed E-state index contributed by atoms with van der Waals surface area (Å²) in [4.78, 5) is 38.1. The molecule has 0 aromatic rings. The van der Waals surface area contributed by atoms with Crippen molar-refractivity contribution in [3.63, 3.8) is 0 Å². The van der Waals surface area contributed by atoms with E-state index in [-0.39, 0.29) is 19.0 Å². The number of piperazine rings is 1. The predicted molar refractivity (Wildman–Crippen MR) is 59.5 cm³/mol. The van der Waals surface area contributed by atoms with E-state index in [1.54, 1.807) is 18.9 Å². The number of aliphatic carboxylic acids is 1. The maximum absolute atomic E-state index is 11.9. The summed E-state index contributed by atoms with van der Waals surface area (Å²) in [6, 6.07) is -0.392. The van der Waals surface area contributed by atoms with Crippen LogP contribution in [-0.2, 0) is 9.59 Å². The molecule has 1 aliphatic rings. The van der Waals surface area contributed by atoms with Crippen molar-refractivity contribution in [2.75, 3.05) is 39.8 Å². The lowest BCUT2D eigenvalue weighted by Gasteiger charge is -2.34. The molecular weight excluding hydrogens is 226 g/mol. The topological polar surface area (TPSA) is 81.2 Å². The molecule has 0 atom stereocenters. The lowest BCUT2D eigenvalue weighted by atomic mass is 10.3. The first-order valence-electron chi connectivity index (χ1n) is 5.45. The van der Waals surface area contributed by atoms with Crippen molar-refractivity contribution in [1.82, 2.24) is 14.7 Å². The van der Waals surface area contributed by atoms with Crippen molar-refractivity contribution in [3.8, 4) is 0 Å². The molecule has 17 heavy (non-hydrogen) atoms. The summed E-state index contributed by atoms with van der Waals surface area (Å²) in [5.41, 5.74) is 0. The molecule has 1 heterocycles. The number of hydrogen-bond donors (Lipinski definition) is 1. The number of amides is 3. The van der Waals surface area contributed by atoms with E-state index < -0.39 is 12.0 Å². The Morgan fingerprint density at radius 3 is 2.53 bits per heavy atom. The van der Waals surface area contributed by atoms with Gasteiger partial charge < -0.3 is 19.8 Å². The number of nitrogens with zero attached hydrogens (tertiary/aromatic N) is 3. The minimum Gasteiger partial charge on any atom is -0.480 e. The largest absolute Gasteiger partial charge is 0.480 e. The van der Waals surface area contributed by atoms with E-state index in [1.165, 1.54) is 9.80 Å². The molecular formula is C10H17N3O4. The Hall–Kier alpha value is -1.79. The van der Waals surface area contributed by atoms with E-state index in [0.717, 1.165) is 0 Å². The Labute approximate surface area is 99.6 Å². The number of likely N-dealkylation sites (N-methyl/N-ethyl adjacent to an activating group) is 2. The van der Waals surface area contributed by atoms with Gasteiger partial charge in [-0.1, -0.05) is 0 Å². The number of rotatable bonds is 3. The zero-order valence-corrected chi connectivity index (χ0v) is 10.0. The highest BCUT2D eigenvalue weighted by Crippen LogP contribution is 2.05. The number of carboxylic acid groups (broad SMARTS) is 1. The molecule has 0 aromatic heterocycles. The van der Waals surface area contributed by atoms with E-state index in [4.69, 9.17) is 5.11 Å². The Morgan fingerprint density at radius 2 is 2.06 bits per heavy atom. The fourth-order valence-corrected chi connectivity index (χ4v) is 1.60. The van der Waals surface area contributed by atoms with Crippen molar-refractivity contribution >= 4 is 17.9 Å².